The van der Waals surface area contributed by atoms with E-state index in [4.69, 9.17) is 0 Å². The van der Waals surface area contributed by atoms with Crippen molar-refractivity contribution in [3.8, 4) is 0 Å². The number of hydrogen-bond donors (Lipinski definition) is 1. The van der Waals surface area contributed by atoms with E-state index >= 15 is 0 Å². The van der Waals surface area contributed by atoms with Crippen LogP contribution in [0.2, 0.25) is 0 Å². The van der Waals surface area contributed by atoms with E-state index in [2.05, 4.69) is 0 Å². The smallest absolute Gasteiger partial charge is 0.243 e. The summed E-state index contributed by atoms with van der Waals surface area (Å²) in [5, 5.41) is 9.19. The molecule has 0 bridgehead atoms. The first kappa shape index (κ1) is 17.0. The Bertz CT molecular complexity index is 547. The van der Waals surface area contributed by atoms with E-state index in [0.717, 1.165) is 18.7 Å². The van der Waals surface area contributed by atoms with E-state index in [0.29, 0.717) is 13.0 Å². The quantitative estimate of drug-likeness (QED) is 0.813. The van der Waals surface area contributed by atoms with Gasteiger partial charge in [0.2, 0.25) is 10.0 Å². The molecule has 20 heavy (non-hydrogen) atoms. The summed E-state index contributed by atoms with van der Waals surface area (Å²) in [4.78, 5) is 1.79. The minimum Gasteiger partial charge on any atom is -0.392 e. The zero-order chi connectivity index (χ0) is 15.3. The Morgan fingerprint density at radius 2 is 1.85 bits per heavy atom. The SMILES string of the molecule is CN(C)CCCN(C)S(=O)(=O)c1cc(F)ccc1CO. The van der Waals surface area contributed by atoms with Crippen molar-refractivity contribution < 1.29 is 17.9 Å². The molecule has 0 heterocycles. The van der Waals surface area contributed by atoms with Crippen molar-refractivity contribution >= 4 is 10.0 Å². The topological polar surface area (TPSA) is 60.9 Å². The first-order valence-electron chi connectivity index (χ1n) is 6.29. The zero-order valence-electron chi connectivity index (χ0n) is 12.0. The molecule has 0 radical (unpaired) electrons. The maximum atomic E-state index is 13.3. The molecule has 0 aliphatic carbocycles. The highest BCUT2D eigenvalue weighted by Crippen LogP contribution is 2.21. The van der Waals surface area contributed by atoms with Crippen LogP contribution in [0.1, 0.15) is 12.0 Å². The fourth-order valence-corrected chi connectivity index (χ4v) is 3.23. The minimum atomic E-state index is -3.79. The third kappa shape index (κ3) is 4.24. The molecule has 114 valence electrons. The summed E-state index contributed by atoms with van der Waals surface area (Å²) in [5.74, 6) is -0.637. The van der Waals surface area contributed by atoms with Crippen molar-refractivity contribution in [2.45, 2.75) is 17.9 Å². The van der Waals surface area contributed by atoms with E-state index in [1.807, 2.05) is 19.0 Å². The standard InChI is InChI=1S/C13H21FN2O3S/c1-15(2)7-4-8-16(3)20(18,19)13-9-12(14)6-5-11(13)10-17/h5-6,9,17H,4,7-8,10H2,1-3H3. The fraction of sp³-hybridized carbons (Fsp3) is 0.538. The first-order valence-corrected chi connectivity index (χ1v) is 7.73. The van der Waals surface area contributed by atoms with Gasteiger partial charge in [0.15, 0.2) is 0 Å². The van der Waals surface area contributed by atoms with Gasteiger partial charge in [0.25, 0.3) is 0 Å². The average Bonchev–Trinajstić information content (AvgIpc) is 2.38. The molecule has 1 aromatic rings. The predicted octanol–water partition coefficient (Wildman–Crippen LogP) is 0.890. The second-order valence-electron chi connectivity index (χ2n) is 4.89. The number of nitrogens with zero attached hydrogens (tertiary/aromatic N) is 2. The molecule has 1 aromatic carbocycles. The lowest BCUT2D eigenvalue weighted by Gasteiger charge is -2.20. The normalized spacial score (nSPS) is 12.3. The molecule has 1 N–H and O–H groups in total. The van der Waals surface area contributed by atoms with E-state index < -0.39 is 22.4 Å². The van der Waals surface area contributed by atoms with Gasteiger partial charge in [-0.3, -0.25) is 0 Å². The Balaban J connectivity index is 2.95. The van der Waals surface area contributed by atoms with Gasteiger partial charge in [0.05, 0.1) is 11.5 Å². The molecule has 0 amide bonds. The number of halogens is 1. The summed E-state index contributed by atoms with van der Waals surface area (Å²) in [7, 11) is 1.48. The number of aliphatic hydroxyl groups excluding tert-OH is 1. The predicted molar refractivity (Wildman–Crippen MR) is 75.3 cm³/mol. The van der Waals surface area contributed by atoms with E-state index in [-0.39, 0.29) is 10.5 Å². The van der Waals surface area contributed by atoms with Crippen LogP contribution in [0, 0.1) is 5.82 Å². The van der Waals surface area contributed by atoms with Crippen LogP contribution in [-0.4, -0.2) is 57.0 Å². The number of rotatable bonds is 7. The van der Waals surface area contributed by atoms with E-state index in [9.17, 15) is 17.9 Å². The molecule has 0 atom stereocenters. The Hall–Kier alpha value is -1.02. The summed E-state index contributed by atoms with van der Waals surface area (Å²) in [6.07, 6.45) is 0.673. The Morgan fingerprint density at radius 3 is 2.40 bits per heavy atom. The van der Waals surface area contributed by atoms with Gasteiger partial charge >= 0.3 is 0 Å². The van der Waals surface area contributed by atoms with Crippen molar-refractivity contribution in [3.05, 3.63) is 29.6 Å². The summed E-state index contributed by atoms with van der Waals surface area (Å²) in [5.41, 5.74) is 0.200. The highest BCUT2D eigenvalue weighted by Gasteiger charge is 2.24. The van der Waals surface area contributed by atoms with Crippen LogP contribution in [0.4, 0.5) is 4.39 Å². The Kier molecular flexibility index (Phi) is 6.07. The van der Waals surface area contributed by atoms with Crippen LogP contribution >= 0.6 is 0 Å². The number of benzene rings is 1. The summed E-state index contributed by atoms with van der Waals surface area (Å²) in [6, 6.07) is 3.37. The van der Waals surface area contributed by atoms with E-state index in [1.54, 1.807) is 0 Å². The lowest BCUT2D eigenvalue weighted by molar-refractivity contribution is 0.278. The second kappa shape index (κ2) is 7.12. The second-order valence-corrected chi connectivity index (χ2v) is 6.91. The van der Waals surface area contributed by atoms with E-state index in [1.165, 1.54) is 17.4 Å². The van der Waals surface area contributed by atoms with Gasteiger partial charge in [-0.1, -0.05) is 6.07 Å². The molecule has 0 aromatic heterocycles. The Morgan fingerprint density at radius 1 is 1.20 bits per heavy atom. The third-order valence-electron chi connectivity index (χ3n) is 2.97. The van der Waals surface area contributed by atoms with Gasteiger partial charge < -0.3 is 10.0 Å². The summed E-state index contributed by atoms with van der Waals surface area (Å²) >= 11 is 0. The highest BCUT2D eigenvalue weighted by atomic mass is 32.2. The molecule has 0 saturated heterocycles. The van der Waals surface area contributed by atoms with Crippen molar-refractivity contribution in [2.24, 2.45) is 0 Å². The lowest BCUT2D eigenvalue weighted by Crippen LogP contribution is -2.30. The average molecular weight is 304 g/mol. The van der Waals surface area contributed by atoms with Crippen molar-refractivity contribution in [3.63, 3.8) is 0 Å². The van der Waals surface area contributed by atoms with Crippen LogP contribution in [0.25, 0.3) is 0 Å². The molecule has 0 aliphatic rings. The maximum absolute atomic E-state index is 13.3. The number of sulfonamides is 1. The molecule has 0 aliphatic heterocycles. The third-order valence-corrected chi connectivity index (χ3v) is 4.91. The van der Waals surface area contributed by atoms with Gasteiger partial charge in [-0.15, -0.1) is 0 Å². The maximum Gasteiger partial charge on any atom is 0.243 e. The summed E-state index contributed by atoms with van der Waals surface area (Å²) < 4.78 is 39.2. The van der Waals surface area contributed by atoms with Crippen LogP contribution in [-0.2, 0) is 16.6 Å². The van der Waals surface area contributed by atoms with Crippen molar-refractivity contribution in [1.29, 1.82) is 0 Å². The molecule has 7 heteroatoms. The van der Waals surface area contributed by atoms with Gasteiger partial charge in [-0.25, -0.2) is 17.1 Å². The molecular formula is C13H21FN2O3S. The van der Waals surface area contributed by atoms with Gasteiger partial charge in [-0.2, -0.15) is 0 Å². The molecule has 0 unspecified atom stereocenters. The molecular weight excluding hydrogens is 283 g/mol. The van der Waals surface area contributed by atoms with Crippen LogP contribution in [0.15, 0.2) is 23.1 Å². The van der Waals surface area contributed by atoms with Crippen molar-refractivity contribution in [1.82, 2.24) is 9.21 Å². The zero-order valence-corrected chi connectivity index (χ0v) is 12.8. The number of hydrogen-bond acceptors (Lipinski definition) is 4. The van der Waals surface area contributed by atoms with Crippen molar-refractivity contribution in [2.75, 3.05) is 34.2 Å². The Labute approximate surface area is 119 Å². The van der Waals surface area contributed by atoms with Gasteiger partial charge in [0.1, 0.15) is 5.82 Å². The fourth-order valence-electron chi connectivity index (χ4n) is 1.80. The molecule has 1 rings (SSSR count). The largest absolute Gasteiger partial charge is 0.392 e. The molecule has 5 nitrogen and oxygen atoms in total. The van der Waals surface area contributed by atoms with Gasteiger partial charge in [0, 0.05) is 13.6 Å². The first-order chi connectivity index (χ1) is 9.28. The molecule has 0 fully saturated rings. The molecule has 0 saturated carbocycles. The van der Waals surface area contributed by atoms with Crippen LogP contribution < -0.4 is 0 Å². The van der Waals surface area contributed by atoms with Crippen LogP contribution in [0.5, 0.6) is 0 Å². The monoisotopic (exact) mass is 304 g/mol. The molecule has 0 spiro atoms. The van der Waals surface area contributed by atoms with Gasteiger partial charge in [-0.05, 0) is 44.8 Å². The minimum absolute atomic E-state index is 0.174. The summed E-state index contributed by atoms with van der Waals surface area (Å²) in [6.45, 7) is 0.651. The lowest BCUT2D eigenvalue weighted by atomic mass is 10.2. The highest BCUT2D eigenvalue weighted by molar-refractivity contribution is 7.89. The van der Waals surface area contributed by atoms with Crippen LogP contribution in [0.3, 0.4) is 0 Å². The number of aliphatic hydroxyl groups is 1.